The highest BCUT2D eigenvalue weighted by Gasteiger charge is 2.21. The molecule has 0 saturated heterocycles. The maximum Gasteiger partial charge on any atom is 0.513 e. The zero-order valence-electron chi connectivity index (χ0n) is 26.0. The van der Waals surface area contributed by atoms with E-state index >= 15 is 0 Å². The van der Waals surface area contributed by atoms with Crippen molar-refractivity contribution in [3.8, 4) is 11.5 Å². The van der Waals surface area contributed by atoms with Crippen LogP contribution in [0.2, 0.25) is 0 Å². The Morgan fingerprint density at radius 1 is 0.524 bits per heavy atom. The Balaban J connectivity index is 1.70. The number of benzene rings is 3. The van der Waals surface area contributed by atoms with Crippen molar-refractivity contribution in [3.63, 3.8) is 0 Å². The van der Waals surface area contributed by atoms with Gasteiger partial charge in [0.15, 0.2) is 0 Å². The minimum absolute atomic E-state index is 0.328. The quantitative estimate of drug-likeness (QED) is 0.0610. The van der Waals surface area contributed by atoms with Crippen LogP contribution in [0.15, 0.2) is 42.5 Å². The molecule has 0 unspecified atom stereocenters. The van der Waals surface area contributed by atoms with Gasteiger partial charge in [-0.1, -0.05) is 134 Å². The molecule has 0 atom stereocenters. The van der Waals surface area contributed by atoms with E-state index in [9.17, 15) is 9.59 Å². The van der Waals surface area contributed by atoms with Gasteiger partial charge in [0.2, 0.25) is 0 Å². The molecule has 0 saturated carbocycles. The summed E-state index contributed by atoms with van der Waals surface area (Å²) in [5.74, 6) is 0.806. The number of unbranched alkanes of at least 4 members (excludes halogenated alkanes) is 12. The monoisotopic (exact) mass is 578 g/mol. The van der Waals surface area contributed by atoms with Crippen LogP contribution in [0.1, 0.15) is 116 Å². The van der Waals surface area contributed by atoms with Gasteiger partial charge in [-0.15, -0.1) is 0 Å². The molecule has 3 aromatic carbocycles. The van der Waals surface area contributed by atoms with Crippen LogP contribution in [0.3, 0.4) is 0 Å². The zero-order valence-corrected chi connectivity index (χ0v) is 26.0. The van der Waals surface area contributed by atoms with E-state index in [1.54, 1.807) is 0 Å². The molecule has 0 spiro atoms. The third kappa shape index (κ3) is 10.5. The Kier molecular flexibility index (Phi) is 15.0. The van der Waals surface area contributed by atoms with Gasteiger partial charge in [0.05, 0.1) is 13.2 Å². The highest BCUT2D eigenvalue weighted by molar-refractivity contribution is 6.12. The van der Waals surface area contributed by atoms with Gasteiger partial charge in [0, 0.05) is 21.5 Å². The Morgan fingerprint density at radius 2 is 0.952 bits per heavy atom. The Labute approximate surface area is 252 Å². The second-order valence-electron chi connectivity index (χ2n) is 11.1. The molecule has 0 aliphatic heterocycles. The number of fused-ring (bicyclic) bond motifs is 2. The van der Waals surface area contributed by atoms with Crippen molar-refractivity contribution in [3.05, 3.63) is 48.0 Å². The maximum absolute atomic E-state index is 12.8. The number of carbonyl (C=O) groups is 2. The number of rotatable bonds is 19. The first kappa shape index (κ1) is 33.2. The van der Waals surface area contributed by atoms with Gasteiger partial charge in [0.25, 0.3) is 0 Å². The van der Waals surface area contributed by atoms with Gasteiger partial charge in [-0.25, -0.2) is 9.59 Å². The number of hydrogen-bond donors (Lipinski definition) is 0. The van der Waals surface area contributed by atoms with Gasteiger partial charge in [0.1, 0.15) is 11.5 Å². The Hall–Kier alpha value is -3.28. The molecule has 3 rings (SSSR count). The molecule has 0 heterocycles. The number of aryl methyl sites for hydroxylation is 1. The third-order valence-corrected chi connectivity index (χ3v) is 7.70. The average Bonchev–Trinajstić information content (AvgIpc) is 3.01. The van der Waals surface area contributed by atoms with Crippen molar-refractivity contribution in [2.24, 2.45) is 0 Å². The summed E-state index contributed by atoms with van der Waals surface area (Å²) < 4.78 is 22.6. The van der Waals surface area contributed by atoms with Crippen LogP contribution >= 0.6 is 0 Å². The van der Waals surface area contributed by atoms with Gasteiger partial charge in [-0.05, 0) is 30.9 Å². The highest BCUT2D eigenvalue weighted by Crippen LogP contribution is 2.43. The number of hydrogen-bond acceptors (Lipinski definition) is 6. The fourth-order valence-electron chi connectivity index (χ4n) is 5.24. The van der Waals surface area contributed by atoms with Crippen LogP contribution in [-0.4, -0.2) is 25.5 Å². The summed E-state index contributed by atoms with van der Waals surface area (Å²) in [6.07, 6.45) is 15.3. The van der Waals surface area contributed by atoms with Crippen LogP contribution in [-0.2, 0) is 15.9 Å². The van der Waals surface area contributed by atoms with Gasteiger partial charge < -0.3 is 18.9 Å². The molecule has 0 bridgehead atoms. The molecule has 6 nitrogen and oxygen atoms in total. The SMILES string of the molecule is CCCCCCCCCOC(=O)Oc1c2ccccc2c(OC(=O)OCCCCCCCCC)c2cc(CC)ccc12. The molecule has 0 radical (unpaired) electrons. The molecule has 0 N–H and O–H groups in total. The van der Waals surface area contributed by atoms with Gasteiger partial charge in [-0.2, -0.15) is 0 Å². The zero-order chi connectivity index (χ0) is 30.0. The van der Waals surface area contributed by atoms with Crippen LogP contribution < -0.4 is 9.47 Å². The molecule has 0 aliphatic rings. The van der Waals surface area contributed by atoms with Gasteiger partial charge >= 0.3 is 12.3 Å². The van der Waals surface area contributed by atoms with Crippen LogP contribution in [0, 0.1) is 0 Å². The minimum Gasteiger partial charge on any atom is -0.434 e. The molecule has 230 valence electrons. The molecule has 3 aromatic rings. The first-order valence-electron chi connectivity index (χ1n) is 16.3. The van der Waals surface area contributed by atoms with E-state index < -0.39 is 12.3 Å². The molecule has 0 amide bonds. The van der Waals surface area contributed by atoms with E-state index in [2.05, 4.69) is 20.8 Å². The van der Waals surface area contributed by atoms with Crippen molar-refractivity contribution < 1.29 is 28.5 Å². The lowest BCUT2D eigenvalue weighted by Gasteiger charge is -2.17. The molecule has 0 aromatic heterocycles. The molecular weight excluding hydrogens is 528 g/mol. The summed E-state index contributed by atoms with van der Waals surface area (Å²) in [4.78, 5) is 25.5. The Morgan fingerprint density at radius 3 is 1.43 bits per heavy atom. The summed E-state index contributed by atoms with van der Waals surface area (Å²) in [6, 6.07) is 13.4. The van der Waals surface area contributed by atoms with Crippen molar-refractivity contribution in [1.29, 1.82) is 0 Å². The van der Waals surface area contributed by atoms with Crippen molar-refractivity contribution in [2.45, 2.75) is 117 Å². The topological polar surface area (TPSA) is 71.1 Å². The van der Waals surface area contributed by atoms with E-state index in [1.807, 2.05) is 42.5 Å². The van der Waals surface area contributed by atoms with E-state index in [-0.39, 0.29) is 0 Å². The van der Waals surface area contributed by atoms with E-state index in [0.717, 1.165) is 50.5 Å². The fourth-order valence-corrected chi connectivity index (χ4v) is 5.24. The van der Waals surface area contributed by atoms with Crippen molar-refractivity contribution >= 4 is 33.9 Å². The van der Waals surface area contributed by atoms with E-state index in [0.29, 0.717) is 46.3 Å². The lowest BCUT2D eigenvalue weighted by atomic mass is 9.98. The predicted molar refractivity (Wildman–Crippen MR) is 171 cm³/mol. The molecule has 6 heteroatoms. The van der Waals surface area contributed by atoms with E-state index in [1.165, 1.54) is 51.4 Å². The molecule has 0 fully saturated rings. The summed E-state index contributed by atoms with van der Waals surface area (Å²) in [5.41, 5.74) is 1.08. The summed E-state index contributed by atoms with van der Waals surface area (Å²) in [5, 5.41) is 2.70. The lowest BCUT2D eigenvalue weighted by molar-refractivity contribution is 0.0965. The normalized spacial score (nSPS) is 11.1. The smallest absolute Gasteiger partial charge is 0.434 e. The second kappa shape index (κ2) is 19.0. The standard InChI is InChI=1S/C36H50O6/c1-4-7-9-11-13-15-19-25-39-35(37)41-33-29-21-17-18-22-30(29)34(32-27-28(6-3)23-24-31(32)33)42-36(38)40-26-20-16-14-12-10-8-5-2/h17-18,21-24,27H,4-16,19-20,25-26H2,1-3H3. The number of carbonyl (C=O) groups excluding carboxylic acids is 2. The van der Waals surface area contributed by atoms with Crippen molar-refractivity contribution in [2.75, 3.05) is 13.2 Å². The van der Waals surface area contributed by atoms with Crippen LogP contribution in [0.25, 0.3) is 21.5 Å². The van der Waals surface area contributed by atoms with Crippen LogP contribution in [0.4, 0.5) is 9.59 Å². The number of ether oxygens (including phenoxy) is 4. The third-order valence-electron chi connectivity index (χ3n) is 7.70. The fraction of sp³-hybridized carbons (Fsp3) is 0.556. The average molecular weight is 579 g/mol. The van der Waals surface area contributed by atoms with Crippen molar-refractivity contribution in [1.82, 2.24) is 0 Å². The first-order valence-corrected chi connectivity index (χ1v) is 16.3. The van der Waals surface area contributed by atoms with E-state index in [4.69, 9.17) is 18.9 Å². The molecule has 42 heavy (non-hydrogen) atoms. The van der Waals surface area contributed by atoms with Gasteiger partial charge in [-0.3, -0.25) is 0 Å². The van der Waals surface area contributed by atoms with Crippen LogP contribution in [0.5, 0.6) is 11.5 Å². The lowest BCUT2D eigenvalue weighted by Crippen LogP contribution is -2.14. The second-order valence-corrected chi connectivity index (χ2v) is 11.1. The molecular formula is C36H50O6. The largest absolute Gasteiger partial charge is 0.513 e. The predicted octanol–water partition coefficient (Wildman–Crippen LogP) is 11.1. The summed E-state index contributed by atoms with van der Waals surface area (Å²) >= 11 is 0. The summed E-state index contributed by atoms with van der Waals surface area (Å²) in [6.45, 7) is 7.14. The molecule has 0 aliphatic carbocycles. The minimum atomic E-state index is -0.727. The highest BCUT2D eigenvalue weighted by atomic mass is 16.7. The maximum atomic E-state index is 12.8. The Bertz CT molecular complexity index is 1250. The summed E-state index contributed by atoms with van der Waals surface area (Å²) in [7, 11) is 0. The first-order chi connectivity index (χ1) is 20.6.